The van der Waals surface area contributed by atoms with E-state index in [1.54, 1.807) is 12.3 Å². The Morgan fingerprint density at radius 2 is 2.00 bits per heavy atom. The number of guanidine groups is 1. The predicted octanol–water partition coefficient (Wildman–Crippen LogP) is 3.64. The second kappa shape index (κ2) is 11.7. The molecule has 0 aliphatic carbocycles. The molecule has 1 aliphatic heterocycles. The molecule has 1 aliphatic rings. The smallest absolute Gasteiger partial charge is 0.387 e. The highest BCUT2D eigenvalue weighted by Crippen LogP contribution is 2.39. The van der Waals surface area contributed by atoms with Crippen LogP contribution < -0.4 is 24.8 Å². The number of aryl methyl sites for hydroxylation is 1. The summed E-state index contributed by atoms with van der Waals surface area (Å²) in [6, 6.07) is 5.01. The predicted molar refractivity (Wildman–Crippen MR) is 120 cm³/mol. The molecule has 0 radical (unpaired) electrons. The number of pyridine rings is 1. The average Bonchev–Trinajstić information content (AvgIpc) is 3.14. The van der Waals surface area contributed by atoms with Crippen molar-refractivity contribution in [1.82, 2.24) is 15.6 Å². The van der Waals surface area contributed by atoms with Crippen LogP contribution in [0, 0.1) is 6.92 Å². The fourth-order valence-corrected chi connectivity index (χ4v) is 2.90. The van der Waals surface area contributed by atoms with Crippen LogP contribution in [0.4, 0.5) is 8.78 Å². The van der Waals surface area contributed by atoms with Gasteiger partial charge in [0.15, 0.2) is 17.5 Å². The molecule has 0 fully saturated rings. The molecule has 1 aromatic heterocycles. The number of hydrogen-bond acceptors (Lipinski definition) is 5. The molecule has 164 valence electrons. The first-order chi connectivity index (χ1) is 14.1. The summed E-state index contributed by atoms with van der Waals surface area (Å²) in [5, 5.41) is 6.40. The van der Waals surface area contributed by atoms with Crippen molar-refractivity contribution >= 4 is 29.9 Å². The lowest BCUT2D eigenvalue weighted by Gasteiger charge is -2.14. The number of alkyl halides is 2. The molecule has 0 unspecified atom stereocenters. The number of halogens is 3. The number of nitrogens with one attached hydrogen (secondary N) is 2. The Kier molecular flexibility index (Phi) is 9.34. The van der Waals surface area contributed by atoms with E-state index in [4.69, 9.17) is 9.47 Å². The normalized spacial score (nSPS) is 12.5. The SMILES string of the molecule is CCNC(=NCc1cc2c(cc1OC(F)F)OCO2)NCCc1ccncc1C.I. The molecule has 0 saturated heterocycles. The highest BCUT2D eigenvalue weighted by molar-refractivity contribution is 14.0. The van der Waals surface area contributed by atoms with Crippen LogP contribution in [-0.2, 0) is 13.0 Å². The summed E-state index contributed by atoms with van der Waals surface area (Å²) >= 11 is 0. The van der Waals surface area contributed by atoms with E-state index in [1.807, 2.05) is 26.1 Å². The Morgan fingerprint density at radius 1 is 1.23 bits per heavy atom. The number of hydrogen-bond donors (Lipinski definition) is 2. The first kappa shape index (κ1) is 23.9. The third-order valence-electron chi connectivity index (χ3n) is 4.35. The van der Waals surface area contributed by atoms with Gasteiger partial charge in [-0.3, -0.25) is 4.98 Å². The monoisotopic (exact) mass is 534 g/mol. The van der Waals surface area contributed by atoms with Gasteiger partial charge in [0.1, 0.15) is 5.75 Å². The third kappa shape index (κ3) is 6.57. The zero-order valence-electron chi connectivity index (χ0n) is 16.8. The lowest BCUT2D eigenvalue weighted by molar-refractivity contribution is -0.0505. The van der Waals surface area contributed by atoms with Gasteiger partial charge < -0.3 is 24.8 Å². The van der Waals surface area contributed by atoms with Crippen LogP contribution >= 0.6 is 24.0 Å². The van der Waals surface area contributed by atoms with Crippen molar-refractivity contribution in [2.24, 2.45) is 4.99 Å². The molecule has 0 atom stereocenters. The minimum atomic E-state index is -2.94. The Labute approximate surface area is 191 Å². The number of rotatable bonds is 8. The van der Waals surface area contributed by atoms with Crippen LogP contribution in [0.15, 0.2) is 35.6 Å². The molecule has 10 heteroatoms. The van der Waals surface area contributed by atoms with Crippen molar-refractivity contribution in [2.45, 2.75) is 33.4 Å². The summed E-state index contributed by atoms with van der Waals surface area (Å²) in [6.07, 6.45) is 4.41. The lowest BCUT2D eigenvalue weighted by Crippen LogP contribution is -2.38. The maximum Gasteiger partial charge on any atom is 0.387 e. The van der Waals surface area contributed by atoms with Gasteiger partial charge >= 0.3 is 6.61 Å². The molecule has 2 N–H and O–H groups in total. The number of aliphatic imine (C=N–C) groups is 1. The molecular weight excluding hydrogens is 509 g/mol. The Bertz CT molecular complexity index is 868. The molecule has 0 saturated carbocycles. The molecule has 2 heterocycles. The summed E-state index contributed by atoms with van der Waals surface area (Å²) < 4.78 is 40.7. The second-order valence-corrected chi connectivity index (χ2v) is 6.37. The molecule has 0 spiro atoms. The maximum atomic E-state index is 12.8. The summed E-state index contributed by atoms with van der Waals surface area (Å²) in [7, 11) is 0. The van der Waals surface area contributed by atoms with Crippen molar-refractivity contribution in [1.29, 1.82) is 0 Å². The third-order valence-corrected chi connectivity index (χ3v) is 4.35. The van der Waals surface area contributed by atoms with Crippen molar-refractivity contribution < 1.29 is 23.0 Å². The van der Waals surface area contributed by atoms with Gasteiger partial charge in [0.2, 0.25) is 6.79 Å². The Hall–Kier alpha value is -2.37. The van der Waals surface area contributed by atoms with Gasteiger partial charge in [-0.05, 0) is 43.5 Å². The van der Waals surface area contributed by atoms with Gasteiger partial charge in [-0.1, -0.05) is 0 Å². The van der Waals surface area contributed by atoms with Gasteiger partial charge in [0.05, 0.1) is 6.54 Å². The maximum absolute atomic E-state index is 12.8. The fourth-order valence-electron chi connectivity index (χ4n) is 2.90. The van der Waals surface area contributed by atoms with Gasteiger partial charge in [0.25, 0.3) is 0 Å². The molecule has 2 aromatic rings. The zero-order chi connectivity index (χ0) is 20.6. The average molecular weight is 534 g/mol. The molecule has 30 heavy (non-hydrogen) atoms. The standard InChI is InChI=1S/C20H24F2N4O3.HI/c1-3-24-20(25-7-5-14-4-6-23-10-13(14)2)26-11-15-8-17-18(28-12-27-17)9-16(15)29-19(21)22;/h4,6,8-10,19H,3,5,7,11-12H2,1-2H3,(H2,24,25,26);1H. The van der Waals surface area contributed by atoms with E-state index in [9.17, 15) is 8.78 Å². The lowest BCUT2D eigenvalue weighted by atomic mass is 10.1. The van der Waals surface area contributed by atoms with E-state index in [-0.39, 0.29) is 43.1 Å². The highest BCUT2D eigenvalue weighted by Gasteiger charge is 2.20. The zero-order valence-corrected chi connectivity index (χ0v) is 19.1. The number of nitrogens with zero attached hydrogens (tertiary/aromatic N) is 2. The van der Waals surface area contributed by atoms with Gasteiger partial charge in [-0.25, -0.2) is 4.99 Å². The first-order valence-electron chi connectivity index (χ1n) is 9.35. The fraction of sp³-hybridized carbons (Fsp3) is 0.400. The Balaban J connectivity index is 0.00000320. The van der Waals surface area contributed by atoms with Crippen LogP contribution in [0.2, 0.25) is 0 Å². The van der Waals surface area contributed by atoms with Crippen LogP contribution in [0.25, 0.3) is 0 Å². The molecule has 0 bridgehead atoms. The minimum Gasteiger partial charge on any atom is -0.454 e. The van der Waals surface area contributed by atoms with E-state index in [2.05, 4.69) is 25.3 Å². The summed E-state index contributed by atoms with van der Waals surface area (Å²) in [6.45, 7) is 2.56. The van der Waals surface area contributed by atoms with Crippen LogP contribution in [0.5, 0.6) is 17.2 Å². The van der Waals surface area contributed by atoms with Gasteiger partial charge in [-0.2, -0.15) is 8.78 Å². The number of ether oxygens (including phenoxy) is 3. The number of fused-ring (bicyclic) bond motifs is 1. The number of benzene rings is 1. The van der Waals surface area contributed by atoms with Crippen molar-refractivity contribution in [3.63, 3.8) is 0 Å². The van der Waals surface area contributed by atoms with E-state index >= 15 is 0 Å². The Morgan fingerprint density at radius 3 is 2.70 bits per heavy atom. The summed E-state index contributed by atoms with van der Waals surface area (Å²) in [5.74, 6) is 1.48. The number of aromatic nitrogens is 1. The first-order valence-corrected chi connectivity index (χ1v) is 9.35. The van der Waals surface area contributed by atoms with E-state index in [1.165, 1.54) is 11.6 Å². The molecule has 7 nitrogen and oxygen atoms in total. The summed E-state index contributed by atoms with van der Waals surface area (Å²) in [4.78, 5) is 8.58. The van der Waals surface area contributed by atoms with E-state index in [0.29, 0.717) is 36.1 Å². The van der Waals surface area contributed by atoms with Gasteiger partial charge in [0, 0.05) is 37.1 Å². The van der Waals surface area contributed by atoms with Crippen molar-refractivity contribution in [3.05, 3.63) is 47.3 Å². The topological polar surface area (TPSA) is 77.0 Å². The van der Waals surface area contributed by atoms with E-state index < -0.39 is 6.61 Å². The molecular formula is C20H25F2IN4O3. The second-order valence-electron chi connectivity index (χ2n) is 6.37. The summed E-state index contributed by atoms with van der Waals surface area (Å²) in [5.41, 5.74) is 2.81. The molecule has 3 rings (SSSR count). The van der Waals surface area contributed by atoms with Crippen LogP contribution in [0.1, 0.15) is 23.6 Å². The van der Waals surface area contributed by atoms with Crippen molar-refractivity contribution in [2.75, 3.05) is 19.9 Å². The molecule has 0 amide bonds. The van der Waals surface area contributed by atoms with Crippen LogP contribution in [0.3, 0.4) is 0 Å². The highest BCUT2D eigenvalue weighted by atomic mass is 127. The largest absolute Gasteiger partial charge is 0.454 e. The van der Waals surface area contributed by atoms with Crippen LogP contribution in [-0.4, -0.2) is 37.4 Å². The quantitative estimate of drug-likeness (QED) is 0.306. The van der Waals surface area contributed by atoms with Crippen molar-refractivity contribution in [3.8, 4) is 17.2 Å². The molecule has 1 aromatic carbocycles. The van der Waals surface area contributed by atoms with Gasteiger partial charge in [-0.15, -0.1) is 24.0 Å². The van der Waals surface area contributed by atoms with E-state index in [0.717, 1.165) is 12.0 Å². The minimum absolute atomic E-state index is 0.